The van der Waals surface area contributed by atoms with Crippen LogP contribution in [0.2, 0.25) is 0 Å². The minimum Gasteiger partial charge on any atom is -0.497 e. The lowest BCUT2D eigenvalue weighted by Gasteiger charge is -2.19. The number of thiophene rings is 3. The molecule has 2 unspecified atom stereocenters. The lowest BCUT2D eigenvalue weighted by molar-refractivity contribution is -0.148. The van der Waals surface area contributed by atoms with Crippen LogP contribution in [0.25, 0.3) is 31.3 Å². The van der Waals surface area contributed by atoms with Crippen LogP contribution in [0.4, 0.5) is 4.39 Å². The van der Waals surface area contributed by atoms with Crippen molar-refractivity contribution in [2.24, 2.45) is 0 Å². The lowest BCUT2D eigenvalue weighted by atomic mass is 10.00. The highest BCUT2D eigenvalue weighted by molar-refractivity contribution is 7.18. The Labute approximate surface area is 496 Å². The van der Waals surface area contributed by atoms with Gasteiger partial charge >= 0.3 is 17.9 Å². The van der Waals surface area contributed by atoms with Gasteiger partial charge in [0.2, 0.25) is 17.3 Å². The molecule has 14 nitrogen and oxygen atoms in total. The second kappa shape index (κ2) is 26.5. The van der Waals surface area contributed by atoms with E-state index in [2.05, 4.69) is 0 Å². The Morgan fingerprint density at radius 2 is 0.976 bits per heavy atom. The summed E-state index contributed by atoms with van der Waals surface area (Å²) in [5, 5.41) is 0. The van der Waals surface area contributed by atoms with Gasteiger partial charge in [-0.05, 0) is 182 Å². The molecular weight excluding hydrogens is 1130 g/mol. The number of ether oxygens (including phenoxy) is 7. The number of carbonyl (C=O) groups is 6. The summed E-state index contributed by atoms with van der Waals surface area (Å²) in [7, 11) is 6.07. The van der Waals surface area contributed by atoms with Crippen molar-refractivity contribution in [1.82, 2.24) is 0 Å². The number of benzene rings is 5. The standard InChI is InChI=1S/C66H57FO14S3/c1-9-79-58(68)32-45-29-57(63(73)44-23-24-78-35-44)84-65(45)42-16-21-53(76-7)50(27-42)38(4)81-60(70)34-47-31-56(62(72)41-15-20-52(67)36(2)25-41)83-66(47)43-17-22-54(77-8)51(28-43)37(3)80-59(69)33-46-30-55(61(71)40-11-10-12-49(26-40)75-6)82-64(46)39-13-18-48(74-5)19-14-39/h10-31,35,37-38H,9,32-34H2,1-8H3. The molecular formula is C66H57FO14S3. The van der Waals surface area contributed by atoms with E-state index >= 15 is 0 Å². The van der Waals surface area contributed by atoms with E-state index in [-0.39, 0.29) is 53.4 Å². The number of furan rings is 1. The normalized spacial score (nSPS) is 11.8. The Hall–Kier alpha value is -8.97. The van der Waals surface area contributed by atoms with E-state index in [1.807, 2.05) is 12.1 Å². The predicted molar refractivity (Wildman–Crippen MR) is 319 cm³/mol. The molecule has 0 fully saturated rings. The monoisotopic (exact) mass is 1190 g/mol. The summed E-state index contributed by atoms with van der Waals surface area (Å²) in [6.45, 7) is 6.86. The second-order valence-corrected chi connectivity index (χ2v) is 22.5. The van der Waals surface area contributed by atoms with Crippen LogP contribution in [-0.4, -0.2) is 70.3 Å². The van der Waals surface area contributed by atoms with Crippen LogP contribution in [0.15, 0.2) is 144 Å². The third kappa shape index (κ3) is 13.4. The summed E-state index contributed by atoms with van der Waals surface area (Å²) < 4.78 is 59.6. The maximum absolute atomic E-state index is 14.5. The molecule has 0 aliphatic heterocycles. The molecule has 9 rings (SSSR count). The number of halogens is 1. The first-order chi connectivity index (χ1) is 40.5. The highest BCUT2D eigenvalue weighted by atomic mass is 32.1. The highest BCUT2D eigenvalue weighted by Crippen LogP contribution is 2.42. The van der Waals surface area contributed by atoms with Crippen molar-refractivity contribution in [3.05, 3.63) is 210 Å². The molecule has 0 aliphatic carbocycles. The molecule has 84 heavy (non-hydrogen) atoms. The zero-order chi connectivity index (χ0) is 59.8. The molecule has 18 heteroatoms. The number of carbonyl (C=O) groups excluding carboxylic acids is 6. The Bertz CT molecular complexity index is 3920. The molecule has 0 saturated carbocycles. The van der Waals surface area contributed by atoms with Crippen LogP contribution in [0.3, 0.4) is 0 Å². The van der Waals surface area contributed by atoms with Gasteiger partial charge in [-0.25, -0.2) is 4.39 Å². The van der Waals surface area contributed by atoms with Crippen LogP contribution in [0, 0.1) is 12.7 Å². The molecule has 5 aromatic carbocycles. The first kappa shape index (κ1) is 59.6. The van der Waals surface area contributed by atoms with Crippen molar-refractivity contribution < 1.29 is 70.7 Å². The van der Waals surface area contributed by atoms with Crippen molar-refractivity contribution in [2.45, 2.75) is 59.2 Å². The van der Waals surface area contributed by atoms with Crippen LogP contribution in [0.5, 0.6) is 23.0 Å². The molecule has 0 aliphatic rings. The Morgan fingerprint density at radius 3 is 1.44 bits per heavy atom. The summed E-state index contributed by atoms with van der Waals surface area (Å²) in [5.41, 5.74) is 5.86. The maximum Gasteiger partial charge on any atom is 0.310 e. The van der Waals surface area contributed by atoms with Gasteiger partial charge in [-0.2, -0.15) is 0 Å². The van der Waals surface area contributed by atoms with Gasteiger partial charge in [0.1, 0.15) is 47.3 Å². The largest absolute Gasteiger partial charge is 0.497 e. The molecule has 4 heterocycles. The highest BCUT2D eigenvalue weighted by Gasteiger charge is 2.28. The van der Waals surface area contributed by atoms with Crippen molar-refractivity contribution in [3.8, 4) is 54.3 Å². The zero-order valence-corrected chi connectivity index (χ0v) is 49.5. The Balaban J connectivity index is 1.00. The molecule has 4 aromatic heterocycles. The number of hydrogen-bond acceptors (Lipinski definition) is 17. The topological polar surface area (TPSA) is 180 Å². The minimum absolute atomic E-state index is 0.0989. The first-order valence-electron chi connectivity index (χ1n) is 26.5. The van der Waals surface area contributed by atoms with Crippen LogP contribution < -0.4 is 18.9 Å². The summed E-state index contributed by atoms with van der Waals surface area (Å²) in [4.78, 5) is 85.8. The molecule has 0 N–H and O–H groups in total. The summed E-state index contributed by atoms with van der Waals surface area (Å²) in [6.07, 6.45) is 0.387. The third-order valence-corrected chi connectivity index (χ3v) is 17.4. The smallest absolute Gasteiger partial charge is 0.310 e. The van der Waals surface area contributed by atoms with Gasteiger partial charge in [-0.3, -0.25) is 28.8 Å². The van der Waals surface area contributed by atoms with E-state index in [0.717, 1.165) is 16.9 Å². The van der Waals surface area contributed by atoms with Gasteiger partial charge in [-0.15, -0.1) is 34.0 Å². The average molecular weight is 1190 g/mol. The maximum atomic E-state index is 14.5. The Morgan fingerprint density at radius 1 is 0.500 bits per heavy atom. The molecule has 0 saturated heterocycles. The van der Waals surface area contributed by atoms with Crippen LogP contribution in [-0.2, 0) is 47.9 Å². The fourth-order valence-corrected chi connectivity index (χ4v) is 13.0. The summed E-state index contributed by atoms with van der Waals surface area (Å²) in [6, 6.07) is 35.4. The minimum atomic E-state index is -0.900. The van der Waals surface area contributed by atoms with Gasteiger partial charge in [0.25, 0.3) is 0 Å². The zero-order valence-electron chi connectivity index (χ0n) is 47.1. The van der Waals surface area contributed by atoms with Crippen molar-refractivity contribution in [1.29, 1.82) is 0 Å². The number of esters is 3. The first-order valence-corrected chi connectivity index (χ1v) is 28.9. The molecule has 0 radical (unpaired) electrons. The van der Waals surface area contributed by atoms with Crippen molar-refractivity contribution in [2.75, 3.05) is 35.0 Å². The molecule has 430 valence electrons. The van der Waals surface area contributed by atoms with E-state index in [1.54, 1.807) is 132 Å². The van der Waals surface area contributed by atoms with E-state index in [1.165, 1.54) is 74.7 Å². The molecule has 9 aromatic rings. The second-order valence-electron chi connectivity index (χ2n) is 19.3. The van der Waals surface area contributed by atoms with E-state index in [9.17, 15) is 33.2 Å². The number of methoxy groups -OCH3 is 4. The number of rotatable bonds is 24. The fraction of sp³-hybridized carbons (Fsp3) is 0.212. The van der Waals surface area contributed by atoms with Gasteiger partial charge in [-0.1, -0.05) is 12.1 Å². The van der Waals surface area contributed by atoms with Crippen molar-refractivity contribution >= 4 is 69.3 Å². The van der Waals surface area contributed by atoms with Crippen LogP contribution in [0.1, 0.15) is 112 Å². The van der Waals surface area contributed by atoms with Crippen LogP contribution >= 0.6 is 34.0 Å². The van der Waals surface area contributed by atoms with Gasteiger partial charge in [0.15, 0.2) is 0 Å². The van der Waals surface area contributed by atoms with E-state index in [0.29, 0.717) is 97.5 Å². The van der Waals surface area contributed by atoms with Gasteiger partial charge in [0.05, 0.1) is 80.8 Å². The summed E-state index contributed by atoms with van der Waals surface area (Å²) >= 11 is 3.60. The molecule has 2 atom stereocenters. The fourth-order valence-electron chi connectivity index (χ4n) is 9.53. The molecule has 0 bridgehead atoms. The number of ketones is 3. The predicted octanol–water partition coefficient (Wildman–Crippen LogP) is 14.4. The quantitative estimate of drug-likeness (QED) is 0.0317. The molecule has 0 amide bonds. The SMILES string of the molecule is CCOC(=O)Cc1cc(C(=O)c2ccoc2)sc1-c1ccc(OC)c(C(C)OC(=O)Cc2cc(C(=O)c3ccc(F)c(C)c3)sc2-c2ccc(OC)c(C(C)OC(=O)Cc3cc(C(=O)c4cccc(OC)c4)sc3-c3ccc(OC)cc3)c2)c1. The number of hydrogen-bond donors (Lipinski definition) is 0. The Kier molecular flexibility index (Phi) is 18.8. The third-order valence-electron chi connectivity index (χ3n) is 13.8. The molecule has 0 spiro atoms. The van der Waals surface area contributed by atoms with E-state index in [4.69, 9.17) is 37.6 Å². The lowest BCUT2D eigenvalue weighted by Crippen LogP contribution is -2.13. The number of aryl methyl sites for hydroxylation is 1. The summed E-state index contributed by atoms with van der Waals surface area (Å²) in [5.74, 6) is -1.10. The van der Waals surface area contributed by atoms with Gasteiger partial charge < -0.3 is 37.6 Å². The van der Waals surface area contributed by atoms with Crippen molar-refractivity contribution in [3.63, 3.8) is 0 Å². The van der Waals surface area contributed by atoms with Gasteiger partial charge in [0, 0.05) is 36.9 Å². The average Bonchev–Trinajstić information content (AvgIpc) is 3.82. The van der Waals surface area contributed by atoms with E-state index < -0.39 is 41.7 Å².